The topological polar surface area (TPSA) is 53.4 Å². The highest BCUT2D eigenvalue weighted by Crippen LogP contribution is 2.44. The minimum atomic E-state index is -1.30. The van der Waals surface area contributed by atoms with Gasteiger partial charge in [-0.15, -0.1) is 0 Å². The molecule has 0 aromatic carbocycles. The van der Waals surface area contributed by atoms with Crippen molar-refractivity contribution < 1.29 is 10.2 Å². The summed E-state index contributed by atoms with van der Waals surface area (Å²) in [7, 11) is 0. The van der Waals surface area contributed by atoms with Crippen LogP contribution >= 0.6 is 15.9 Å². The van der Waals surface area contributed by atoms with Crippen molar-refractivity contribution in [2.24, 2.45) is 0 Å². The van der Waals surface area contributed by atoms with Crippen LogP contribution in [0.4, 0.5) is 0 Å². The van der Waals surface area contributed by atoms with Crippen molar-refractivity contribution in [1.82, 2.24) is 4.98 Å². The number of nitrogens with zero attached hydrogens (tertiary/aromatic N) is 1. The smallest absolute Gasteiger partial charge is 0.162 e. The van der Waals surface area contributed by atoms with E-state index in [1.165, 1.54) is 0 Å². The highest BCUT2D eigenvalue weighted by atomic mass is 79.9. The number of pyridine rings is 1. The van der Waals surface area contributed by atoms with E-state index in [1.54, 1.807) is 6.20 Å². The van der Waals surface area contributed by atoms with Crippen LogP contribution < -0.4 is 0 Å². The average Bonchev–Trinajstić information content (AvgIpc) is 2.05. The van der Waals surface area contributed by atoms with Crippen molar-refractivity contribution in [2.75, 3.05) is 0 Å². The zero-order valence-corrected chi connectivity index (χ0v) is 9.24. The maximum absolute atomic E-state index is 9.35. The Bertz CT molecular complexity index is 319. The molecule has 1 heterocycles. The summed E-state index contributed by atoms with van der Waals surface area (Å²) < 4.78 is 0.906. The van der Waals surface area contributed by atoms with Crippen LogP contribution in [0.2, 0.25) is 0 Å². The molecule has 0 aliphatic heterocycles. The first-order valence-corrected chi connectivity index (χ1v) is 5.43. The second-order valence-electron chi connectivity index (χ2n) is 3.75. The van der Waals surface area contributed by atoms with E-state index < -0.39 is 11.7 Å². The predicted molar refractivity (Wildman–Crippen MR) is 55.7 cm³/mol. The van der Waals surface area contributed by atoms with Gasteiger partial charge in [0.1, 0.15) is 0 Å². The monoisotopic (exact) mass is 257 g/mol. The van der Waals surface area contributed by atoms with Crippen LogP contribution in [0.3, 0.4) is 0 Å². The zero-order chi connectivity index (χ0) is 10.2. The molecule has 76 valence electrons. The molecule has 0 bridgehead atoms. The van der Waals surface area contributed by atoms with Gasteiger partial charge in [0, 0.05) is 10.7 Å². The maximum Gasteiger partial charge on any atom is 0.162 e. The van der Waals surface area contributed by atoms with Gasteiger partial charge in [0.2, 0.25) is 0 Å². The molecule has 1 aromatic heterocycles. The molecule has 0 amide bonds. The van der Waals surface area contributed by atoms with E-state index in [4.69, 9.17) is 0 Å². The molecule has 0 radical (unpaired) electrons. The average molecular weight is 258 g/mol. The molecular formula is C10H12BrNO2. The molecule has 0 atom stereocenters. The lowest BCUT2D eigenvalue weighted by Crippen LogP contribution is -2.46. The minimum Gasteiger partial charge on any atom is -0.367 e. The van der Waals surface area contributed by atoms with Gasteiger partial charge in [0.15, 0.2) is 6.29 Å². The molecule has 1 saturated carbocycles. The molecule has 0 saturated heterocycles. The highest BCUT2D eigenvalue weighted by molar-refractivity contribution is 9.10. The quantitative estimate of drug-likeness (QED) is 0.792. The number of rotatable bonds is 2. The lowest BCUT2D eigenvalue weighted by atomic mass is 9.66. The van der Waals surface area contributed by atoms with Crippen LogP contribution in [0.15, 0.2) is 22.8 Å². The second-order valence-corrected chi connectivity index (χ2v) is 4.66. The Morgan fingerprint density at radius 3 is 2.43 bits per heavy atom. The Morgan fingerprint density at radius 2 is 2.07 bits per heavy atom. The number of aliphatic hydroxyl groups excluding tert-OH is 1. The molecule has 0 spiro atoms. The van der Waals surface area contributed by atoms with Crippen LogP contribution in [0.5, 0.6) is 0 Å². The van der Waals surface area contributed by atoms with Crippen LogP contribution in [-0.4, -0.2) is 21.5 Å². The molecule has 2 N–H and O–H groups in total. The SMILES string of the molecule is OC(O)C1(c2ccc(Br)cn2)CCC1. The van der Waals surface area contributed by atoms with Gasteiger partial charge >= 0.3 is 0 Å². The summed E-state index contributed by atoms with van der Waals surface area (Å²) in [6.07, 6.45) is 3.04. The molecule has 4 heteroatoms. The molecule has 14 heavy (non-hydrogen) atoms. The molecule has 0 unspecified atom stereocenters. The van der Waals surface area contributed by atoms with Crippen molar-refractivity contribution in [1.29, 1.82) is 0 Å². The predicted octanol–water partition coefficient (Wildman–Crippen LogP) is 1.58. The summed E-state index contributed by atoms with van der Waals surface area (Å²) in [5.74, 6) is 0. The van der Waals surface area contributed by atoms with Gasteiger partial charge in [0.25, 0.3) is 0 Å². The van der Waals surface area contributed by atoms with Crippen LogP contribution in [0, 0.1) is 0 Å². The van der Waals surface area contributed by atoms with Gasteiger partial charge in [-0.1, -0.05) is 6.42 Å². The van der Waals surface area contributed by atoms with Gasteiger partial charge < -0.3 is 10.2 Å². The first kappa shape index (κ1) is 10.1. The fourth-order valence-corrected chi connectivity index (χ4v) is 2.11. The standard InChI is InChI=1S/C10H12BrNO2/c11-7-2-3-8(12-6-7)10(9(13)14)4-1-5-10/h2-3,6,9,13-14H,1,4-5H2. The van der Waals surface area contributed by atoms with E-state index in [-0.39, 0.29) is 0 Å². The van der Waals surface area contributed by atoms with Gasteiger partial charge in [-0.2, -0.15) is 0 Å². The number of hydrogen-bond acceptors (Lipinski definition) is 3. The Morgan fingerprint density at radius 1 is 1.36 bits per heavy atom. The minimum absolute atomic E-state index is 0.513. The van der Waals surface area contributed by atoms with Crippen molar-refractivity contribution >= 4 is 15.9 Å². The molecule has 1 aliphatic rings. The Balaban J connectivity index is 2.32. The lowest BCUT2D eigenvalue weighted by Gasteiger charge is -2.42. The fourth-order valence-electron chi connectivity index (χ4n) is 1.87. The van der Waals surface area contributed by atoms with Gasteiger partial charge in [0.05, 0.1) is 11.1 Å². The number of halogens is 1. The summed E-state index contributed by atoms with van der Waals surface area (Å²) >= 11 is 3.30. The number of aromatic nitrogens is 1. The lowest BCUT2D eigenvalue weighted by molar-refractivity contribution is -0.128. The summed E-state index contributed by atoms with van der Waals surface area (Å²) in [5.41, 5.74) is 0.266. The van der Waals surface area contributed by atoms with E-state index in [0.717, 1.165) is 29.4 Å². The highest BCUT2D eigenvalue weighted by Gasteiger charge is 2.45. The Labute approximate surface area is 90.9 Å². The van der Waals surface area contributed by atoms with Gasteiger partial charge in [-0.3, -0.25) is 4.98 Å². The van der Waals surface area contributed by atoms with E-state index in [9.17, 15) is 10.2 Å². The second kappa shape index (κ2) is 3.61. The molecule has 1 aromatic rings. The Kier molecular flexibility index (Phi) is 2.60. The number of aliphatic hydroxyl groups is 2. The van der Waals surface area contributed by atoms with Crippen LogP contribution in [0.1, 0.15) is 25.0 Å². The molecular weight excluding hydrogens is 246 g/mol. The van der Waals surface area contributed by atoms with Gasteiger partial charge in [-0.05, 0) is 40.9 Å². The molecule has 3 nitrogen and oxygen atoms in total. The van der Waals surface area contributed by atoms with Crippen molar-refractivity contribution in [3.63, 3.8) is 0 Å². The van der Waals surface area contributed by atoms with Crippen LogP contribution in [-0.2, 0) is 5.41 Å². The molecule has 1 aliphatic carbocycles. The summed E-state index contributed by atoms with van der Waals surface area (Å²) in [5, 5.41) is 18.7. The van der Waals surface area contributed by atoms with E-state index in [0.29, 0.717) is 0 Å². The third-order valence-electron chi connectivity index (χ3n) is 2.98. The first-order valence-electron chi connectivity index (χ1n) is 4.63. The maximum atomic E-state index is 9.35. The fraction of sp³-hybridized carbons (Fsp3) is 0.500. The van der Waals surface area contributed by atoms with Crippen LogP contribution in [0.25, 0.3) is 0 Å². The van der Waals surface area contributed by atoms with Crippen molar-refractivity contribution in [3.05, 3.63) is 28.5 Å². The normalized spacial score (nSPS) is 19.4. The summed E-state index contributed by atoms with van der Waals surface area (Å²) in [6.45, 7) is 0. The van der Waals surface area contributed by atoms with E-state index in [2.05, 4.69) is 20.9 Å². The zero-order valence-electron chi connectivity index (χ0n) is 7.65. The van der Waals surface area contributed by atoms with Crippen molar-refractivity contribution in [3.8, 4) is 0 Å². The molecule has 1 fully saturated rings. The van der Waals surface area contributed by atoms with Gasteiger partial charge in [-0.25, -0.2) is 0 Å². The third kappa shape index (κ3) is 1.47. The molecule has 2 rings (SSSR count). The largest absolute Gasteiger partial charge is 0.367 e. The summed E-state index contributed by atoms with van der Waals surface area (Å²) in [6, 6.07) is 3.73. The summed E-state index contributed by atoms with van der Waals surface area (Å²) in [4.78, 5) is 4.23. The van der Waals surface area contributed by atoms with E-state index in [1.807, 2.05) is 12.1 Å². The van der Waals surface area contributed by atoms with E-state index >= 15 is 0 Å². The Hall–Kier alpha value is -0.450. The first-order chi connectivity index (χ1) is 6.65. The third-order valence-corrected chi connectivity index (χ3v) is 3.45. The number of hydrogen-bond donors (Lipinski definition) is 2. The van der Waals surface area contributed by atoms with Crippen molar-refractivity contribution in [2.45, 2.75) is 31.0 Å².